The lowest BCUT2D eigenvalue weighted by Crippen LogP contribution is -2.48. The van der Waals surface area contributed by atoms with Crippen molar-refractivity contribution in [2.75, 3.05) is 53.4 Å². The molecule has 0 bridgehead atoms. The van der Waals surface area contributed by atoms with Gasteiger partial charge in [-0.15, -0.1) is 0 Å². The number of rotatable bonds is 10. The number of likely N-dealkylation sites (tertiary alicyclic amines) is 1. The van der Waals surface area contributed by atoms with E-state index in [4.69, 9.17) is 4.74 Å². The molecule has 0 aliphatic carbocycles. The molecule has 6 heteroatoms. The van der Waals surface area contributed by atoms with Crippen LogP contribution in [-0.2, 0) is 11.2 Å². The SMILES string of the molecule is Cc1ccc(OC[C@H]2C[C@@H](C(=O)NCCN(C)C)CN(CCc3ccccc3)C2)cn1. The Balaban J connectivity index is 1.58. The van der Waals surface area contributed by atoms with Crippen molar-refractivity contribution >= 4 is 5.91 Å². The topological polar surface area (TPSA) is 57.7 Å². The molecule has 3 rings (SSSR count). The summed E-state index contributed by atoms with van der Waals surface area (Å²) in [7, 11) is 4.04. The smallest absolute Gasteiger partial charge is 0.224 e. The van der Waals surface area contributed by atoms with Gasteiger partial charge in [-0.1, -0.05) is 30.3 Å². The number of nitrogens with one attached hydrogen (secondary N) is 1. The minimum Gasteiger partial charge on any atom is -0.492 e. The Morgan fingerprint density at radius 1 is 1.19 bits per heavy atom. The van der Waals surface area contributed by atoms with Gasteiger partial charge >= 0.3 is 0 Å². The molecule has 0 spiro atoms. The Morgan fingerprint density at radius 3 is 2.71 bits per heavy atom. The van der Waals surface area contributed by atoms with Gasteiger partial charge in [-0.05, 0) is 51.6 Å². The third-order valence-corrected chi connectivity index (χ3v) is 5.77. The first-order valence-electron chi connectivity index (χ1n) is 11.2. The average molecular weight is 425 g/mol. The van der Waals surface area contributed by atoms with Crippen LogP contribution in [0.4, 0.5) is 0 Å². The van der Waals surface area contributed by atoms with Crippen LogP contribution in [0.1, 0.15) is 17.7 Å². The van der Waals surface area contributed by atoms with E-state index in [-0.39, 0.29) is 11.8 Å². The van der Waals surface area contributed by atoms with E-state index in [9.17, 15) is 4.79 Å². The molecule has 6 nitrogen and oxygen atoms in total. The van der Waals surface area contributed by atoms with Gasteiger partial charge in [0.2, 0.25) is 5.91 Å². The first-order valence-corrected chi connectivity index (χ1v) is 11.2. The highest BCUT2D eigenvalue weighted by Crippen LogP contribution is 2.24. The molecule has 1 fully saturated rings. The monoisotopic (exact) mass is 424 g/mol. The van der Waals surface area contributed by atoms with Crippen LogP contribution in [-0.4, -0.2) is 74.1 Å². The zero-order chi connectivity index (χ0) is 22.1. The summed E-state index contributed by atoms with van der Waals surface area (Å²) in [4.78, 5) is 21.7. The van der Waals surface area contributed by atoms with Crippen molar-refractivity contribution in [2.24, 2.45) is 11.8 Å². The second-order valence-electron chi connectivity index (χ2n) is 8.83. The van der Waals surface area contributed by atoms with Crippen LogP contribution in [0.2, 0.25) is 0 Å². The van der Waals surface area contributed by atoms with Gasteiger partial charge in [0.1, 0.15) is 5.75 Å². The first-order chi connectivity index (χ1) is 15.0. The zero-order valence-electron chi connectivity index (χ0n) is 19.1. The maximum atomic E-state index is 12.8. The fraction of sp³-hybridized carbons (Fsp3) is 0.520. The van der Waals surface area contributed by atoms with Gasteiger partial charge in [0.05, 0.1) is 18.7 Å². The van der Waals surface area contributed by atoms with E-state index in [1.54, 1.807) is 6.20 Å². The van der Waals surface area contributed by atoms with E-state index in [0.717, 1.165) is 50.5 Å². The highest BCUT2D eigenvalue weighted by Gasteiger charge is 2.31. The van der Waals surface area contributed by atoms with E-state index in [0.29, 0.717) is 19.1 Å². The molecule has 168 valence electrons. The highest BCUT2D eigenvalue weighted by atomic mass is 16.5. The van der Waals surface area contributed by atoms with E-state index < -0.39 is 0 Å². The first kappa shape index (κ1) is 23.2. The molecule has 2 heterocycles. The van der Waals surface area contributed by atoms with Crippen molar-refractivity contribution in [1.29, 1.82) is 0 Å². The molecule has 0 saturated carbocycles. The maximum absolute atomic E-state index is 12.8. The number of amides is 1. The number of aryl methyl sites for hydroxylation is 1. The van der Waals surface area contributed by atoms with Crippen LogP contribution in [0, 0.1) is 18.8 Å². The molecule has 2 atom stereocenters. The van der Waals surface area contributed by atoms with Gasteiger partial charge in [0.25, 0.3) is 0 Å². The summed E-state index contributed by atoms with van der Waals surface area (Å²) in [6.07, 6.45) is 3.62. The van der Waals surface area contributed by atoms with Crippen molar-refractivity contribution in [1.82, 2.24) is 20.1 Å². The van der Waals surface area contributed by atoms with Gasteiger partial charge in [-0.3, -0.25) is 9.78 Å². The van der Waals surface area contributed by atoms with E-state index in [1.807, 2.05) is 39.2 Å². The second-order valence-corrected chi connectivity index (χ2v) is 8.83. The summed E-state index contributed by atoms with van der Waals surface area (Å²) in [5, 5.41) is 3.12. The fourth-order valence-electron chi connectivity index (χ4n) is 4.03. The Labute approximate surface area is 186 Å². The largest absolute Gasteiger partial charge is 0.492 e. The molecular formula is C25H36N4O2. The van der Waals surface area contributed by atoms with Gasteiger partial charge in [0, 0.05) is 44.3 Å². The second kappa shape index (κ2) is 11.8. The van der Waals surface area contributed by atoms with Crippen LogP contribution < -0.4 is 10.1 Å². The molecule has 1 saturated heterocycles. The molecule has 1 aliphatic rings. The minimum absolute atomic E-state index is 0.00331. The molecule has 0 radical (unpaired) electrons. The van der Waals surface area contributed by atoms with Gasteiger partial charge < -0.3 is 19.9 Å². The quantitative estimate of drug-likeness (QED) is 0.635. The molecular weight excluding hydrogens is 388 g/mol. The Hall–Kier alpha value is -2.44. The number of carbonyl (C=O) groups excluding carboxylic acids is 1. The number of carbonyl (C=O) groups is 1. The van der Waals surface area contributed by atoms with Crippen molar-refractivity contribution in [3.8, 4) is 5.75 Å². The lowest BCUT2D eigenvalue weighted by atomic mass is 9.88. The van der Waals surface area contributed by atoms with Crippen LogP contribution in [0.3, 0.4) is 0 Å². The van der Waals surface area contributed by atoms with Gasteiger partial charge in [-0.2, -0.15) is 0 Å². The van der Waals surface area contributed by atoms with Crippen LogP contribution >= 0.6 is 0 Å². The summed E-state index contributed by atoms with van der Waals surface area (Å²) >= 11 is 0. The number of aromatic nitrogens is 1. The third-order valence-electron chi connectivity index (χ3n) is 5.77. The molecule has 1 aliphatic heterocycles. The summed E-state index contributed by atoms with van der Waals surface area (Å²) in [5.74, 6) is 1.26. The highest BCUT2D eigenvalue weighted by molar-refractivity contribution is 5.79. The van der Waals surface area contributed by atoms with Crippen molar-refractivity contribution in [3.63, 3.8) is 0 Å². The number of likely N-dealkylation sites (N-methyl/N-ethyl adjacent to an activating group) is 1. The third kappa shape index (κ3) is 7.96. The number of piperidine rings is 1. The summed E-state index contributed by atoms with van der Waals surface area (Å²) < 4.78 is 6.02. The molecule has 0 unspecified atom stereocenters. The van der Waals surface area contributed by atoms with Gasteiger partial charge in [0.15, 0.2) is 0 Å². The molecule has 1 N–H and O–H groups in total. The standard InChI is InChI=1S/C25H36N4O2/c1-20-9-10-24(16-27-20)31-19-22-15-23(25(30)26-12-14-28(2)3)18-29(17-22)13-11-21-7-5-4-6-8-21/h4-10,16,22-23H,11-15,17-19H2,1-3H3,(H,26,30)/t22-,23+/m0/s1. The maximum Gasteiger partial charge on any atom is 0.224 e. The number of benzene rings is 1. The molecule has 2 aromatic rings. The Kier molecular flexibility index (Phi) is 8.85. The molecule has 1 aromatic heterocycles. The predicted molar refractivity (Wildman–Crippen MR) is 124 cm³/mol. The van der Waals surface area contributed by atoms with Crippen molar-refractivity contribution in [2.45, 2.75) is 19.8 Å². The molecule has 1 aromatic carbocycles. The minimum atomic E-state index is -0.00331. The van der Waals surface area contributed by atoms with E-state index in [2.05, 4.69) is 44.4 Å². The fourth-order valence-corrected chi connectivity index (χ4v) is 4.03. The number of hydrogen-bond acceptors (Lipinski definition) is 5. The number of hydrogen-bond donors (Lipinski definition) is 1. The Morgan fingerprint density at radius 2 is 2.00 bits per heavy atom. The summed E-state index contributed by atoms with van der Waals surface area (Å²) in [5.41, 5.74) is 2.31. The van der Waals surface area contributed by atoms with E-state index >= 15 is 0 Å². The molecule has 1 amide bonds. The van der Waals surface area contributed by atoms with Crippen molar-refractivity contribution < 1.29 is 9.53 Å². The summed E-state index contributed by atoms with van der Waals surface area (Å²) in [6, 6.07) is 14.5. The van der Waals surface area contributed by atoms with Crippen LogP contribution in [0.25, 0.3) is 0 Å². The Bertz CT molecular complexity index is 795. The number of ether oxygens (including phenoxy) is 1. The normalized spacial score (nSPS) is 19.4. The van der Waals surface area contributed by atoms with Crippen molar-refractivity contribution in [3.05, 3.63) is 59.9 Å². The number of nitrogens with zero attached hydrogens (tertiary/aromatic N) is 3. The van der Waals surface area contributed by atoms with Gasteiger partial charge in [-0.25, -0.2) is 0 Å². The molecule has 31 heavy (non-hydrogen) atoms. The summed E-state index contributed by atoms with van der Waals surface area (Å²) in [6.45, 7) is 6.82. The number of pyridine rings is 1. The lowest BCUT2D eigenvalue weighted by molar-refractivity contribution is -0.127. The van der Waals surface area contributed by atoms with Crippen LogP contribution in [0.5, 0.6) is 5.75 Å². The predicted octanol–water partition coefficient (Wildman–Crippen LogP) is 2.63. The average Bonchev–Trinajstić information content (AvgIpc) is 2.77. The van der Waals surface area contributed by atoms with Crippen LogP contribution in [0.15, 0.2) is 48.7 Å². The van der Waals surface area contributed by atoms with E-state index in [1.165, 1.54) is 5.56 Å². The lowest BCUT2D eigenvalue weighted by Gasteiger charge is -2.37. The zero-order valence-corrected chi connectivity index (χ0v) is 19.1.